The predicted molar refractivity (Wildman–Crippen MR) is 115 cm³/mol. The molecule has 1 heterocycles. The minimum absolute atomic E-state index is 0.0487. The highest BCUT2D eigenvalue weighted by Crippen LogP contribution is 2.18. The van der Waals surface area contributed by atoms with E-state index in [0.717, 1.165) is 36.5 Å². The number of rotatable bonds is 7. The lowest BCUT2D eigenvalue weighted by molar-refractivity contribution is 0.0953. The molecule has 6 nitrogen and oxygen atoms in total. The molecule has 0 radical (unpaired) electrons. The topological polar surface area (TPSA) is 68.8 Å². The summed E-state index contributed by atoms with van der Waals surface area (Å²) in [6.07, 6.45) is 0.832. The SMILES string of the molecule is CN=C(NCCCNC(=O)c1cccc(Br)c1)NC1CN(C(C)C)CC1C. The molecule has 7 heteroatoms. The average Bonchev–Trinajstić information content (AvgIpc) is 3.01. The third-order valence-corrected chi connectivity index (χ3v) is 5.43. The lowest BCUT2D eigenvalue weighted by Crippen LogP contribution is -2.47. The van der Waals surface area contributed by atoms with E-state index in [2.05, 4.69) is 62.5 Å². The molecule has 0 saturated carbocycles. The smallest absolute Gasteiger partial charge is 0.251 e. The molecule has 1 saturated heterocycles. The number of nitrogens with zero attached hydrogens (tertiary/aromatic N) is 2. The Bertz CT molecular complexity index is 649. The van der Waals surface area contributed by atoms with Crippen molar-refractivity contribution in [2.75, 3.05) is 33.2 Å². The Labute approximate surface area is 171 Å². The molecular weight excluding hydrogens is 406 g/mol. The highest BCUT2D eigenvalue weighted by Gasteiger charge is 2.31. The molecule has 2 unspecified atom stereocenters. The van der Waals surface area contributed by atoms with Gasteiger partial charge in [-0.1, -0.05) is 28.9 Å². The van der Waals surface area contributed by atoms with Crippen molar-refractivity contribution in [1.82, 2.24) is 20.9 Å². The maximum absolute atomic E-state index is 12.1. The van der Waals surface area contributed by atoms with Crippen LogP contribution in [-0.4, -0.2) is 62.1 Å². The number of likely N-dealkylation sites (tertiary alicyclic amines) is 1. The molecular formula is C20H32BrN5O. The number of hydrogen-bond donors (Lipinski definition) is 3. The number of halogens is 1. The van der Waals surface area contributed by atoms with Crippen molar-refractivity contribution in [3.63, 3.8) is 0 Å². The van der Waals surface area contributed by atoms with Gasteiger partial charge in [0.1, 0.15) is 0 Å². The molecule has 1 aliphatic rings. The van der Waals surface area contributed by atoms with Crippen LogP contribution in [0.4, 0.5) is 0 Å². The molecule has 0 aromatic heterocycles. The number of hydrogen-bond acceptors (Lipinski definition) is 3. The third-order valence-electron chi connectivity index (χ3n) is 4.93. The first-order chi connectivity index (χ1) is 12.9. The van der Waals surface area contributed by atoms with Crippen LogP contribution in [0.25, 0.3) is 0 Å². The molecule has 27 heavy (non-hydrogen) atoms. The first-order valence-electron chi connectivity index (χ1n) is 9.65. The summed E-state index contributed by atoms with van der Waals surface area (Å²) in [4.78, 5) is 18.9. The van der Waals surface area contributed by atoms with Crippen molar-refractivity contribution in [3.05, 3.63) is 34.3 Å². The van der Waals surface area contributed by atoms with E-state index in [1.54, 1.807) is 7.05 Å². The first-order valence-corrected chi connectivity index (χ1v) is 10.4. The minimum Gasteiger partial charge on any atom is -0.356 e. The Morgan fingerprint density at radius 3 is 2.67 bits per heavy atom. The van der Waals surface area contributed by atoms with Crippen LogP contribution in [0, 0.1) is 5.92 Å². The van der Waals surface area contributed by atoms with Gasteiger partial charge >= 0.3 is 0 Å². The van der Waals surface area contributed by atoms with Crippen LogP contribution in [0.3, 0.4) is 0 Å². The third kappa shape index (κ3) is 6.81. The van der Waals surface area contributed by atoms with Gasteiger partial charge in [0, 0.05) is 55.3 Å². The Hall–Kier alpha value is -1.60. The van der Waals surface area contributed by atoms with Crippen molar-refractivity contribution in [2.45, 2.75) is 39.3 Å². The fraction of sp³-hybridized carbons (Fsp3) is 0.600. The summed E-state index contributed by atoms with van der Waals surface area (Å²) in [5, 5.41) is 9.83. The monoisotopic (exact) mass is 437 g/mol. The molecule has 0 spiro atoms. The van der Waals surface area contributed by atoms with Crippen molar-refractivity contribution in [2.24, 2.45) is 10.9 Å². The fourth-order valence-corrected chi connectivity index (χ4v) is 3.61. The molecule has 3 N–H and O–H groups in total. The molecule has 1 aliphatic heterocycles. The highest BCUT2D eigenvalue weighted by atomic mass is 79.9. The summed E-state index contributed by atoms with van der Waals surface area (Å²) in [7, 11) is 1.80. The van der Waals surface area contributed by atoms with Crippen LogP contribution in [0.2, 0.25) is 0 Å². The molecule has 2 atom stereocenters. The molecule has 150 valence electrons. The zero-order valence-corrected chi connectivity index (χ0v) is 18.3. The van der Waals surface area contributed by atoms with Gasteiger partial charge in [-0.25, -0.2) is 0 Å². The summed E-state index contributed by atoms with van der Waals surface area (Å²) < 4.78 is 0.906. The second kappa shape index (κ2) is 10.7. The van der Waals surface area contributed by atoms with E-state index in [4.69, 9.17) is 0 Å². The van der Waals surface area contributed by atoms with E-state index < -0.39 is 0 Å². The number of nitrogens with one attached hydrogen (secondary N) is 3. The lowest BCUT2D eigenvalue weighted by atomic mass is 10.1. The Balaban J connectivity index is 1.67. The van der Waals surface area contributed by atoms with Gasteiger partial charge in [0.25, 0.3) is 5.91 Å². The van der Waals surface area contributed by atoms with E-state index in [-0.39, 0.29) is 5.91 Å². The second-order valence-electron chi connectivity index (χ2n) is 7.39. The standard InChI is InChI=1S/C20H32BrN5O/c1-14(2)26-12-15(3)18(13-26)25-20(22-4)24-10-6-9-23-19(27)16-7-5-8-17(21)11-16/h5,7-8,11,14-15,18H,6,9-10,12-13H2,1-4H3,(H,23,27)(H2,22,24,25). The summed E-state index contributed by atoms with van der Waals surface area (Å²) >= 11 is 3.39. The van der Waals surface area contributed by atoms with Gasteiger partial charge in [0.05, 0.1) is 0 Å². The van der Waals surface area contributed by atoms with Gasteiger partial charge in [-0.15, -0.1) is 0 Å². The maximum atomic E-state index is 12.1. The van der Waals surface area contributed by atoms with E-state index in [1.807, 2.05) is 24.3 Å². The highest BCUT2D eigenvalue weighted by molar-refractivity contribution is 9.10. The summed E-state index contributed by atoms with van der Waals surface area (Å²) in [6.45, 7) is 10.3. The van der Waals surface area contributed by atoms with Gasteiger partial charge in [0.15, 0.2) is 5.96 Å². The first kappa shape index (κ1) is 21.7. The van der Waals surface area contributed by atoms with Crippen molar-refractivity contribution in [1.29, 1.82) is 0 Å². The van der Waals surface area contributed by atoms with Crippen LogP contribution < -0.4 is 16.0 Å². The Morgan fingerprint density at radius 1 is 1.30 bits per heavy atom. The maximum Gasteiger partial charge on any atom is 0.251 e. The fourth-order valence-electron chi connectivity index (χ4n) is 3.21. The predicted octanol–water partition coefficient (Wildman–Crippen LogP) is 2.46. The van der Waals surface area contributed by atoms with E-state index in [9.17, 15) is 4.79 Å². The molecule has 0 bridgehead atoms. The molecule has 1 aromatic carbocycles. The number of carbonyl (C=O) groups is 1. The summed E-state index contributed by atoms with van der Waals surface area (Å²) in [5.74, 6) is 1.37. The second-order valence-corrected chi connectivity index (χ2v) is 8.31. The number of benzene rings is 1. The van der Waals surface area contributed by atoms with Crippen LogP contribution in [0.1, 0.15) is 37.6 Å². The van der Waals surface area contributed by atoms with Gasteiger partial charge in [-0.05, 0) is 44.4 Å². The largest absolute Gasteiger partial charge is 0.356 e. The van der Waals surface area contributed by atoms with Crippen molar-refractivity contribution >= 4 is 27.8 Å². The van der Waals surface area contributed by atoms with Gasteiger partial charge in [-0.3, -0.25) is 14.7 Å². The van der Waals surface area contributed by atoms with E-state index >= 15 is 0 Å². The quantitative estimate of drug-likeness (QED) is 0.348. The van der Waals surface area contributed by atoms with E-state index in [1.165, 1.54) is 0 Å². The zero-order chi connectivity index (χ0) is 19.8. The van der Waals surface area contributed by atoms with Gasteiger partial charge < -0.3 is 16.0 Å². The van der Waals surface area contributed by atoms with Crippen molar-refractivity contribution < 1.29 is 4.79 Å². The minimum atomic E-state index is -0.0487. The molecule has 0 aliphatic carbocycles. The summed E-state index contributed by atoms with van der Waals surface area (Å²) in [6, 6.07) is 8.39. The number of carbonyl (C=O) groups excluding carboxylic acids is 1. The summed E-state index contributed by atoms with van der Waals surface area (Å²) in [5.41, 5.74) is 0.666. The number of guanidine groups is 1. The van der Waals surface area contributed by atoms with Crippen LogP contribution in [-0.2, 0) is 0 Å². The van der Waals surface area contributed by atoms with Crippen LogP contribution >= 0.6 is 15.9 Å². The van der Waals surface area contributed by atoms with Gasteiger partial charge in [-0.2, -0.15) is 0 Å². The average molecular weight is 438 g/mol. The molecule has 1 aromatic rings. The number of aliphatic imine (C=N–C) groups is 1. The van der Waals surface area contributed by atoms with Crippen LogP contribution in [0.5, 0.6) is 0 Å². The Morgan fingerprint density at radius 2 is 2.04 bits per heavy atom. The normalized spacial score (nSPS) is 20.7. The Kier molecular flexibility index (Phi) is 8.57. The van der Waals surface area contributed by atoms with Gasteiger partial charge in [0.2, 0.25) is 0 Å². The molecule has 1 fully saturated rings. The number of amides is 1. The zero-order valence-electron chi connectivity index (χ0n) is 16.8. The van der Waals surface area contributed by atoms with Crippen molar-refractivity contribution in [3.8, 4) is 0 Å². The lowest BCUT2D eigenvalue weighted by Gasteiger charge is -2.22. The van der Waals surface area contributed by atoms with E-state index in [0.29, 0.717) is 30.1 Å². The molecule has 1 amide bonds. The molecule has 2 rings (SSSR count). The van der Waals surface area contributed by atoms with Crippen LogP contribution in [0.15, 0.2) is 33.7 Å².